The van der Waals surface area contributed by atoms with E-state index in [0.29, 0.717) is 12.8 Å². The quantitative estimate of drug-likeness (QED) is 0.582. The standard InChI is InChI=1S/C5H9N2O2/c1-2-3-4(8)7-5(6)9/h6H,2-3H2,1H3,(H,7,8,9). The minimum absolute atomic E-state index is 0.310. The molecule has 51 valence electrons. The molecule has 1 radical (unpaired) electrons. The Morgan fingerprint density at radius 1 is 1.56 bits per heavy atom. The molecule has 2 N–H and O–H groups in total. The van der Waals surface area contributed by atoms with E-state index in [2.05, 4.69) is 0 Å². The van der Waals surface area contributed by atoms with Crippen LogP contribution >= 0.6 is 0 Å². The molecule has 0 aromatic carbocycles. The summed E-state index contributed by atoms with van der Waals surface area (Å²) in [6.07, 6.45) is 1.00. The maximum absolute atomic E-state index is 10.4. The molecular weight excluding hydrogens is 120 g/mol. The second kappa shape index (κ2) is 3.88. The summed E-state index contributed by atoms with van der Waals surface area (Å²) in [7, 11) is 0. The molecule has 3 amide bonds. The van der Waals surface area contributed by atoms with Crippen LogP contribution in [0.3, 0.4) is 0 Å². The van der Waals surface area contributed by atoms with E-state index in [4.69, 9.17) is 5.73 Å². The van der Waals surface area contributed by atoms with Gasteiger partial charge in [-0.25, -0.2) is 10.5 Å². The molecule has 0 unspecified atom stereocenters. The lowest BCUT2D eigenvalue weighted by Crippen LogP contribution is -2.29. The second-order valence-electron chi connectivity index (χ2n) is 1.63. The molecule has 0 heterocycles. The third-order valence-electron chi connectivity index (χ3n) is 0.730. The van der Waals surface area contributed by atoms with Gasteiger partial charge in [0.2, 0.25) is 5.91 Å². The lowest BCUT2D eigenvalue weighted by atomic mass is 10.3. The summed E-state index contributed by atoms with van der Waals surface area (Å²) < 4.78 is 0. The van der Waals surface area contributed by atoms with E-state index in [9.17, 15) is 9.59 Å². The van der Waals surface area contributed by atoms with Crippen LogP contribution in [0, 0.1) is 0 Å². The highest BCUT2D eigenvalue weighted by Gasteiger charge is 2.00. The van der Waals surface area contributed by atoms with Crippen molar-refractivity contribution in [3.05, 3.63) is 0 Å². The molecule has 0 aliphatic heterocycles. The first-order valence-electron chi connectivity index (χ1n) is 2.72. The maximum Gasteiger partial charge on any atom is 0.340 e. The molecule has 9 heavy (non-hydrogen) atoms. The normalized spacial score (nSPS) is 8.56. The monoisotopic (exact) mass is 129 g/mol. The van der Waals surface area contributed by atoms with Crippen molar-refractivity contribution in [3.63, 3.8) is 0 Å². The molecule has 4 nitrogen and oxygen atoms in total. The van der Waals surface area contributed by atoms with Gasteiger partial charge in [-0.2, -0.15) is 0 Å². The molecule has 4 heteroatoms. The predicted octanol–water partition coefficient (Wildman–Crippen LogP) is 0.306. The summed E-state index contributed by atoms with van der Waals surface area (Å²) in [5, 5.41) is 1.83. The summed E-state index contributed by atoms with van der Waals surface area (Å²) in [6.45, 7) is 1.83. The van der Waals surface area contributed by atoms with Gasteiger partial charge in [-0.1, -0.05) is 6.92 Å². The molecule has 0 bridgehead atoms. The van der Waals surface area contributed by atoms with Gasteiger partial charge in [-0.05, 0) is 6.42 Å². The van der Waals surface area contributed by atoms with Crippen LogP contribution in [-0.2, 0) is 4.79 Å². The zero-order valence-electron chi connectivity index (χ0n) is 5.23. The van der Waals surface area contributed by atoms with Crippen molar-refractivity contribution in [2.24, 2.45) is 0 Å². The summed E-state index contributed by atoms with van der Waals surface area (Å²) in [5.74, 6) is -0.377. The van der Waals surface area contributed by atoms with Crippen LogP contribution in [-0.4, -0.2) is 11.9 Å². The van der Waals surface area contributed by atoms with Crippen LogP contribution < -0.4 is 11.1 Å². The lowest BCUT2D eigenvalue weighted by molar-refractivity contribution is -0.119. The van der Waals surface area contributed by atoms with E-state index in [1.807, 2.05) is 12.2 Å². The minimum Gasteiger partial charge on any atom is -0.277 e. The van der Waals surface area contributed by atoms with Crippen molar-refractivity contribution in [2.75, 3.05) is 0 Å². The number of hydrogen-bond donors (Lipinski definition) is 1. The number of hydrogen-bond acceptors (Lipinski definition) is 2. The Morgan fingerprint density at radius 3 is 2.44 bits per heavy atom. The number of nitrogens with one attached hydrogen (secondary N) is 2. The third-order valence-corrected chi connectivity index (χ3v) is 0.730. The number of amides is 3. The van der Waals surface area contributed by atoms with E-state index in [0.717, 1.165) is 0 Å². The van der Waals surface area contributed by atoms with Crippen LogP contribution in [0.4, 0.5) is 4.79 Å². The predicted molar refractivity (Wildman–Crippen MR) is 31.5 cm³/mol. The maximum atomic E-state index is 10.4. The number of rotatable bonds is 2. The van der Waals surface area contributed by atoms with E-state index in [1.54, 1.807) is 0 Å². The summed E-state index contributed by atoms with van der Waals surface area (Å²) >= 11 is 0. The van der Waals surface area contributed by atoms with Crippen LogP contribution in [0.25, 0.3) is 0 Å². The third kappa shape index (κ3) is 4.80. The van der Waals surface area contributed by atoms with Crippen LogP contribution in [0.15, 0.2) is 0 Å². The second-order valence-corrected chi connectivity index (χ2v) is 1.63. The van der Waals surface area contributed by atoms with Gasteiger partial charge in [0.15, 0.2) is 0 Å². The zero-order valence-corrected chi connectivity index (χ0v) is 5.23. The fraction of sp³-hybridized carbons (Fsp3) is 0.600. The Bertz CT molecular complexity index is 122. The highest BCUT2D eigenvalue weighted by atomic mass is 16.2. The van der Waals surface area contributed by atoms with Gasteiger partial charge in [-0.3, -0.25) is 10.1 Å². The molecule has 0 spiro atoms. The average molecular weight is 129 g/mol. The van der Waals surface area contributed by atoms with Crippen molar-refractivity contribution < 1.29 is 9.59 Å². The fourth-order valence-electron chi connectivity index (χ4n) is 0.416. The molecule has 0 fully saturated rings. The SMILES string of the molecule is CCCC(=O)NC([NH])=O. The van der Waals surface area contributed by atoms with Gasteiger partial charge in [0.05, 0.1) is 0 Å². The number of urea groups is 1. The van der Waals surface area contributed by atoms with Crippen molar-refractivity contribution in [3.8, 4) is 0 Å². The minimum atomic E-state index is -1.03. The van der Waals surface area contributed by atoms with Gasteiger partial charge in [0.1, 0.15) is 0 Å². The van der Waals surface area contributed by atoms with Gasteiger partial charge >= 0.3 is 6.03 Å². The zero-order chi connectivity index (χ0) is 7.28. The van der Waals surface area contributed by atoms with Crippen LogP contribution in [0.2, 0.25) is 0 Å². The number of carbonyl (C=O) groups excluding carboxylic acids is 2. The Hall–Kier alpha value is -1.06. The van der Waals surface area contributed by atoms with Crippen molar-refractivity contribution in [2.45, 2.75) is 19.8 Å². The van der Waals surface area contributed by atoms with Crippen LogP contribution in [0.5, 0.6) is 0 Å². The summed E-state index contributed by atoms with van der Waals surface area (Å²) in [5.41, 5.74) is 6.32. The number of carbonyl (C=O) groups is 2. The summed E-state index contributed by atoms with van der Waals surface area (Å²) in [4.78, 5) is 20.3. The smallest absolute Gasteiger partial charge is 0.277 e. The van der Waals surface area contributed by atoms with E-state index in [-0.39, 0.29) is 5.91 Å². The van der Waals surface area contributed by atoms with Gasteiger partial charge in [0, 0.05) is 6.42 Å². The van der Waals surface area contributed by atoms with Crippen molar-refractivity contribution in [1.29, 1.82) is 0 Å². The first-order chi connectivity index (χ1) is 4.16. The molecule has 0 saturated carbocycles. The first-order valence-corrected chi connectivity index (χ1v) is 2.72. The van der Waals surface area contributed by atoms with Crippen molar-refractivity contribution >= 4 is 11.9 Å². The average Bonchev–Trinajstić information content (AvgIpc) is 1.63. The first kappa shape index (κ1) is 7.94. The highest BCUT2D eigenvalue weighted by molar-refractivity contribution is 5.92. The van der Waals surface area contributed by atoms with E-state index in [1.165, 1.54) is 0 Å². The van der Waals surface area contributed by atoms with Gasteiger partial charge in [-0.15, -0.1) is 0 Å². The molecule has 0 aromatic rings. The van der Waals surface area contributed by atoms with Crippen molar-refractivity contribution in [1.82, 2.24) is 11.1 Å². The molecule has 0 aromatic heterocycles. The van der Waals surface area contributed by atoms with Gasteiger partial charge in [0.25, 0.3) is 0 Å². The topological polar surface area (TPSA) is 70.0 Å². The lowest BCUT2D eigenvalue weighted by Gasteiger charge is -1.94. The van der Waals surface area contributed by atoms with E-state index >= 15 is 0 Å². The Kier molecular flexibility index (Phi) is 3.43. The molecule has 0 rings (SSSR count). The Balaban J connectivity index is 3.39. The van der Waals surface area contributed by atoms with Gasteiger partial charge < -0.3 is 0 Å². The largest absolute Gasteiger partial charge is 0.340 e. The number of imide groups is 1. The van der Waals surface area contributed by atoms with E-state index < -0.39 is 6.03 Å². The molecule has 0 saturated heterocycles. The van der Waals surface area contributed by atoms with Crippen LogP contribution in [0.1, 0.15) is 19.8 Å². The Morgan fingerprint density at radius 2 is 2.11 bits per heavy atom. The fourth-order valence-corrected chi connectivity index (χ4v) is 0.416. The molecular formula is C5H9N2O2. The Labute approximate surface area is 53.4 Å². The molecule has 0 aliphatic carbocycles. The highest BCUT2D eigenvalue weighted by Crippen LogP contribution is 1.83. The molecule has 0 aliphatic rings. The summed E-state index contributed by atoms with van der Waals surface area (Å²) in [6, 6.07) is -1.03. The molecule has 0 atom stereocenters.